The van der Waals surface area contributed by atoms with Gasteiger partial charge < -0.3 is 14.5 Å². The lowest BCUT2D eigenvalue weighted by atomic mass is 10.1. The monoisotopic (exact) mass is 477 g/mol. The van der Waals surface area contributed by atoms with Gasteiger partial charge in [0.25, 0.3) is 5.56 Å². The molecule has 0 aliphatic carbocycles. The quantitative estimate of drug-likeness (QED) is 0.288. The van der Waals surface area contributed by atoms with Crippen LogP contribution in [-0.2, 0) is 12.8 Å². The number of rotatable bonds is 9. The third kappa shape index (κ3) is 4.79. The molecule has 2 heterocycles. The summed E-state index contributed by atoms with van der Waals surface area (Å²) in [5.41, 5.74) is 5.15. The number of methoxy groups -OCH3 is 1. The van der Waals surface area contributed by atoms with Crippen LogP contribution in [0.5, 0.6) is 11.5 Å². The first kappa shape index (κ1) is 23.2. The summed E-state index contributed by atoms with van der Waals surface area (Å²) in [5.74, 6) is 1.87. The minimum atomic E-state index is -0.128. The smallest absolute Gasteiger partial charge is 0.278 e. The first-order valence-electron chi connectivity index (χ1n) is 11.8. The minimum Gasteiger partial charge on any atom is -0.493 e. The lowest BCUT2D eigenvalue weighted by Crippen LogP contribution is -2.17. The number of aromatic amines is 1. The van der Waals surface area contributed by atoms with E-state index in [1.807, 2.05) is 72.9 Å². The van der Waals surface area contributed by atoms with Gasteiger partial charge in [0.1, 0.15) is 12.3 Å². The van der Waals surface area contributed by atoms with E-state index in [1.54, 1.807) is 17.8 Å². The molecular weight excluding hydrogens is 450 g/mol. The summed E-state index contributed by atoms with van der Waals surface area (Å²) in [7, 11) is 1.60. The Hall–Kier alpha value is -4.58. The van der Waals surface area contributed by atoms with Crippen molar-refractivity contribution in [2.75, 3.05) is 13.7 Å². The van der Waals surface area contributed by atoms with Crippen LogP contribution in [0.15, 0.2) is 103 Å². The topological polar surface area (TPSA) is 69.1 Å². The van der Waals surface area contributed by atoms with Crippen molar-refractivity contribution in [1.29, 1.82) is 0 Å². The zero-order chi connectivity index (χ0) is 24.9. The van der Waals surface area contributed by atoms with Gasteiger partial charge in [-0.15, -0.1) is 0 Å². The first-order valence-corrected chi connectivity index (χ1v) is 11.8. The van der Waals surface area contributed by atoms with E-state index in [4.69, 9.17) is 14.5 Å². The molecule has 0 amide bonds. The summed E-state index contributed by atoms with van der Waals surface area (Å²) in [6, 6.07) is 25.8. The summed E-state index contributed by atoms with van der Waals surface area (Å²) in [6.45, 7) is 4.07. The zero-order valence-electron chi connectivity index (χ0n) is 20.1. The molecule has 0 saturated carbocycles. The molecule has 3 aromatic carbocycles. The first-order chi connectivity index (χ1) is 17.7. The maximum atomic E-state index is 13.5. The van der Waals surface area contributed by atoms with E-state index < -0.39 is 0 Å². The summed E-state index contributed by atoms with van der Waals surface area (Å²) in [6.07, 6.45) is 4.53. The molecule has 0 unspecified atom stereocenters. The standard InChI is InChI=1S/C30H27N3O3/c1-3-16-36-27-15-14-22(19-28(27)35-2)18-25-30(34)33-20-26(23-12-8-5-9-13-23)31-24(29(33)32-25)17-21-10-6-4-7-11-21/h3-15,19-20,31H,1,16-18H2,2H3. The number of imidazole rings is 1. The van der Waals surface area contributed by atoms with Crippen LogP contribution in [-0.4, -0.2) is 28.3 Å². The SMILES string of the molecule is C=CCOc1ccc(Cc2nc3c(Cc4ccccc4)[nH]c(-c4ccccc4)cn-3c2=O)cc1OC. The van der Waals surface area contributed by atoms with Crippen LogP contribution in [0, 0.1) is 0 Å². The second kappa shape index (κ2) is 10.4. The van der Waals surface area contributed by atoms with E-state index in [-0.39, 0.29) is 5.56 Å². The Morgan fingerprint density at radius 1 is 0.944 bits per heavy atom. The fourth-order valence-electron chi connectivity index (χ4n) is 4.26. The average Bonchev–Trinajstić information content (AvgIpc) is 3.24. The molecule has 2 aliphatic rings. The molecule has 0 atom stereocenters. The van der Waals surface area contributed by atoms with E-state index in [0.29, 0.717) is 42.5 Å². The van der Waals surface area contributed by atoms with Gasteiger partial charge in [-0.1, -0.05) is 79.4 Å². The van der Waals surface area contributed by atoms with Crippen LogP contribution in [0.4, 0.5) is 0 Å². The molecule has 0 saturated heterocycles. The molecule has 5 rings (SSSR count). The maximum absolute atomic E-state index is 13.5. The van der Waals surface area contributed by atoms with Gasteiger partial charge >= 0.3 is 0 Å². The Kier molecular flexibility index (Phi) is 6.67. The van der Waals surface area contributed by atoms with Gasteiger partial charge in [0.05, 0.1) is 18.5 Å². The molecular formula is C30H27N3O3. The molecule has 1 N–H and O–H groups in total. The third-order valence-corrected chi connectivity index (χ3v) is 6.01. The number of hydrogen-bond acceptors (Lipinski definition) is 4. The van der Waals surface area contributed by atoms with Crippen LogP contribution in [0.1, 0.15) is 22.5 Å². The molecule has 180 valence electrons. The van der Waals surface area contributed by atoms with Crippen LogP contribution in [0.2, 0.25) is 0 Å². The van der Waals surface area contributed by atoms with Crippen molar-refractivity contribution in [2.24, 2.45) is 0 Å². The summed E-state index contributed by atoms with van der Waals surface area (Å²) in [5, 5.41) is 0. The fraction of sp³-hybridized carbons (Fsp3) is 0.133. The van der Waals surface area contributed by atoms with Crippen LogP contribution in [0.3, 0.4) is 0 Å². The highest BCUT2D eigenvalue weighted by Gasteiger charge is 2.21. The second-order valence-electron chi connectivity index (χ2n) is 8.49. The van der Waals surface area contributed by atoms with Crippen LogP contribution in [0.25, 0.3) is 17.1 Å². The van der Waals surface area contributed by atoms with Crippen molar-refractivity contribution in [3.8, 4) is 28.6 Å². The van der Waals surface area contributed by atoms with E-state index in [2.05, 4.69) is 23.7 Å². The van der Waals surface area contributed by atoms with Crippen molar-refractivity contribution in [3.63, 3.8) is 0 Å². The molecule has 0 spiro atoms. The molecule has 3 aromatic rings. The number of hydrogen-bond donors (Lipinski definition) is 1. The van der Waals surface area contributed by atoms with Crippen LogP contribution < -0.4 is 15.0 Å². The molecule has 6 heteroatoms. The molecule has 0 bridgehead atoms. The number of ether oxygens (including phenoxy) is 2. The number of benzene rings is 3. The van der Waals surface area contributed by atoms with E-state index in [9.17, 15) is 4.79 Å². The highest BCUT2D eigenvalue weighted by atomic mass is 16.5. The van der Waals surface area contributed by atoms with Crippen molar-refractivity contribution < 1.29 is 9.47 Å². The molecule has 0 radical (unpaired) electrons. The zero-order valence-corrected chi connectivity index (χ0v) is 20.1. The van der Waals surface area contributed by atoms with Crippen molar-refractivity contribution in [3.05, 3.63) is 131 Å². The van der Waals surface area contributed by atoms with Gasteiger partial charge in [-0.25, -0.2) is 4.98 Å². The Morgan fingerprint density at radius 2 is 1.69 bits per heavy atom. The van der Waals surface area contributed by atoms with Crippen molar-refractivity contribution in [1.82, 2.24) is 14.5 Å². The highest BCUT2D eigenvalue weighted by molar-refractivity contribution is 5.60. The average molecular weight is 478 g/mol. The Labute approximate surface area is 209 Å². The fourth-order valence-corrected chi connectivity index (χ4v) is 4.26. The van der Waals surface area contributed by atoms with Gasteiger partial charge in [0.15, 0.2) is 17.3 Å². The number of H-pyrrole nitrogens is 1. The number of nitrogens with one attached hydrogen (secondary N) is 1. The highest BCUT2D eigenvalue weighted by Crippen LogP contribution is 2.29. The Balaban J connectivity index is 1.56. The molecule has 0 fully saturated rings. The van der Waals surface area contributed by atoms with Gasteiger partial charge in [-0.2, -0.15) is 0 Å². The molecule has 0 aromatic heterocycles. The Bertz CT molecular complexity index is 1500. The Morgan fingerprint density at radius 3 is 2.42 bits per heavy atom. The predicted octanol–water partition coefficient (Wildman–Crippen LogP) is 5.42. The van der Waals surface area contributed by atoms with E-state index in [1.165, 1.54) is 0 Å². The van der Waals surface area contributed by atoms with Gasteiger partial charge in [-0.3, -0.25) is 9.36 Å². The molecule has 6 nitrogen and oxygen atoms in total. The van der Waals surface area contributed by atoms with E-state index >= 15 is 0 Å². The predicted molar refractivity (Wildman–Crippen MR) is 142 cm³/mol. The second-order valence-corrected chi connectivity index (χ2v) is 8.49. The van der Waals surface area contributed by atoms with Gasteiger partial charge in [0.2, 0.25) is 0 Å². The van der Waals surface area contributed by atoms with E-state index in [0.717, 1.165) is 28.1 Å². The number of aromatic nitrogens is 3. The van der Waals surface area contributed by atoms with Crippen LogP contribution >= 0.6 is 0 Å². The lowest BCUT2D eigenvalue weighted by molar-refractivity contribution is 0.326. The summed E-state index contributed by atoms with van der Waals surface area (Å²) in [4.78, 5) is 21.8. The summed E-state index contributed by atoms with van der Waals surface area (Å²) >= 11 is 0. The van der Waals surface area contributed by atoms with Crippen molar-refractivity contribution in [2.45, 2.75) is 12.8 Å². The number of nitrogens with zero attached hydrogens (tertiary/aromatic N) is 2. The lowest BCUT2D eigenvalue weighted by Gasteiger charge is -2.13. The summed E-state index contributed by atoms with van der Waals surface area (Å²) < 4.78 is 12.8. The number of fused-ring (bicyclic) bond motifs is 1. The normalized spacial score (nSPS) is 10.9. The minimum absolute atomic E-state index is 0.128. The van der Waals surface area contributed by atoms with Gasteiger partial charge in [0, 0.05) is 19.0 Å². The third-order valence-electron chi connectivity index (χ3n) is 6.01. The van der Waals surface area contributed by atoms with Crippen molar-refractivity contribution >= 4 is 0 Å². The molecule has 2 aliphatic heterocycles. The molecule has 36 heavy (non-hydrogen) atoms. The largest absolute Gasteiger partial charge is 0.493 e. The maximum Gasteiger partial charge on any atom is 0.278 e. The van der Waals surface area contributed by atoms with Gasteiger partial charge in [-0.05, 0) is 28.8 Å².